The number of rotatable bonds is 7. The second-order valence-corrected chi connectivity index (χ2v) is 12.2. The monoisotopic (exact) mass is 537 g/mol. The normalized spacial score (nSPS) is 24.4. The molecule has 212 valence electrons. The molecule has 6 nitrogen and oxygen atoms in total. The first-order valence-corrected chi connectivity index (χ1v) is 14.1. The number of carboxylic acids is 1. The minimum Gasteiger partial charge on any atom is -0.481 e. The summed E-state index contributed by atoms with van der Waals surface area (Å²) >= 11 is 0. The highest BCUT2D eigenvalue weighted by molar-refractivity contribution is 5.83. The van der Waals surface area contributed by atoms with E-state index < -0.39 is 23.6 Å². The molecule has 0 spiro atoms. The van der Waals surface area contributed by atoms with Crippen LogP contribution in [0.4, 0.5) is 18.9 Å². The number of carbonyl (C=O) groups excluding carboxylic acids is 1. The van der Waals surface area contributed by atoms with Crippen molar-refractivity contribution in [3.05, 3.63) is 29.3 Å². The maximum absolute atomic E-state index is 13.6. The number of aliphatic carboxylic acids is 1. The van der Waals surface area contributed by atoms with Crippen LogP contribution in [0, 0.1) is 17.3 Å². The molecule has 3 heterocycles. The number of halogens is 3. The van der Waals surface area contributed by atoms with Crippen LogP contribution in [0.5, 0.6) is 0 Å². The molecule has 0 bridgehead atoms. The van der Waals surface area contributed by atoms with Crippen molar-refractivity contribution >= 4 is 17.6 Å². The van der Waals surface area contributed by atoms with Crippen molar-refractivity contribution in [2.24, 2.45) is 17.3 Å². The van der Waals surface area contributed by atoms with Crippen LogP contribution in [0.25, 0.3) is 0 Å². The number of alkyl halides is 3. The molecule has 1 aromatic rings. The number of hydrogen-bond donors (Lipinski definition) is 1. The summed E-state index contributed by atoms with van der Waals surface area (Å²) in [6, 6.07) is 4.00. The maximum atomic E-state index is 13.6. The van der Waals surface area contributed by atoms with Crippen molar-refractivity contribution in [3.63, 3.8) is 0 Å². The zero-order valence-corrected chi connectivity index (χ0v) is 22.9. The fraction of sp³-hybridized carbons (Fsp3) is 0.724. The predicted molar refractivity (Wildman–Crippen MR) is 141 cm³/mol. The number of carboxylic acid groups (broad SMARTS) is 1. The van der Waals surface area contributed by atoms with Crippen LogP contribution in [0.1, 0.15) is 76.3 Å². The number of amides is 1. The topological polar surface area (TPSA) is 64.1 Å². The Labute approximate surface area is 224 Å². The van der Waals surface area contributed by atoms with Gasteiger partial charge >= 0.3 is 12.1 Å². The average Bonchev–Trinajstić information content (AvgIpc) is 3.28. The third-order valence-corrected chi connectivity index (χ3v) is 8.86. The minimum atomic E-state index is -4.44. The lowest BCUT2D eigenvalue weighted by atomic mass is 9.84. The summed E-state index contributed by atoms with van der Waals surface area (Å²) in [6.07, 6.45) is -0.193. The number of piperidine rings is 2. The van der Waals surface area contributed by atoms with E-state index in [-0.39, 0.29) is 17.2 Å². The Morgan fingerprint density at radius 3 is 2.29 bits per heavy atom. The summed E-state index contributed by atoms with van der Waals surface area (Å²) in [5, 5.41) is 9.33. The molecule has 1 amide bonds. The lowest BCUT2D eigenvalue weighted by Gasteiger charge is -2.39. The SMILES string of the molecule is CC(C)CCN1CCC(C)(C(=O)N2CCC(c3ccc(C(F)(F)F)cc3N3CCC(C(=O)O)CC3)CC2)C1. The third-order valence-electron chi connectivity index (χ3n) is 8.86. The van der Waals surface area contributed by atoms with Gasteiger partial charge in [0, 0.05) is 38.4 Å². The molecule has 0 aliphatic carbocycles. The number of hydrogen-bond acceptors (Lipinski definition) is 4. The first-order valence-electron chi connectivity index (χ1n) is 14.1. The Morgan fingerprint density at radius 1 is 1.05 bits per heavy atom. The Morgan fingerprint density at radius 2 is 1.71 bits per heavy atom. The van der Waals surface area contributed by atoms with Gasteiger partial charge in [0.05, 0.1) is 16.9 Å². The van der Waals surface area contributed by atoms with Gasteiger partial charge in [0.25, 0.3) is 0 Å². The molecule has 1 aromatic carbocycles. The second-order valence-electron chi connectivity index (χ2n) is 12.2. The number of likely N-dealkylation sites (tertiary alicyclic amines) is 2. The van der Waals surface area contributed by atoms with Crippen LogP contribution >= 0.6 is 0 Å². The number of benzene rings is 1. The van der Waals surface area contributed by atoms with Gasteiger partial charge in [-0.15, -0.1) is 0 Å². The molecule has 0 aromatic heterocycles. The average molecular weight is 538 g/mol. The molecule has 38 heavy (non-hydrogen) atoms. The van der Waals surface area contributed by atoms with Crippen LogP contribution in [-0.4, -0.2) is 72.6 Å². The van der Waals surface area contributed by atoms with E-state index in [1.165, 1.54) is 6.07 Å². The first kappa shape index (κ1) is 28.7. The molecule has 3 fully saturated rings. The Bertz CT molecular complexity index is 999. The summed E-state index contributed by atoms with van der Waals surface area (Å²) in [5.41, 5.74) is 0.390. The largest absolute Gasteiger partial charge is 0.481 e. The van der Waals surface area contributed by atoms with Gasteiger partial charge in [0.1, 0.15) is 0 Å². The van der Waals surface area contributed by atoms with E-state index >= 15 is 0 Å². The van der Waals surface area contributed by atoms with E-state index in [1.807, 2.05) is 9.80 Å². The Hall–Kier alpha value is -2.29. The van der Waals surface area contributed by atoms with Crippen LogP contribution in [0.2, 0.25) is 0 Å². The highest BCUT2D eigenvalue weighted by atomic mass is 19.4. The van der Waals surface area contributed by atoms with E-state index in [9.17, 15) is 27.9 Å². The fourth-order valence-electron chi connectivity index (χ4n) is 6.34. The molecular weight excluding hydrogens is 495 g/mol. The summed E-state index contributed by atoms with van der Waals surface area (Å²) in [4.78, 5) is 31.2. The van der Waals surface area contributed by atoms with Gasteiger partial charge in [0.2, 0.25) is 5.91 Å². The maximum Gasteiger partial charge on any atom is 0.416 e. The van der Waals surface area contributed by atoms with E-state index in [1.54, 1.807) is 6.07 Å². The Balaban J connectivity index is 1.43. The van der Waals surface area contributed by atoms with Crippen LogP contribution in [0.15, 0.2) is 18.2 Å². The lowest BCUT2D eigenvalue weighted by molar-refractivity contribution is -0.143. The van der Waals surface area contributed by atoms with Gasteiger partial charge in [0.15, 0.2) is 0 Å². The molecule has 1 N–H and O–H groups in total. The third kappa shape index (κ3) is 6.46. The molecule has 3 aliphatic rings. The van der Waals surface area contributed by atoms with E-state index in [4.69, 9.17) is 0 Å². The van der Waals surface area contributed by atoms with Crippen molar-refractivity contribution in [2.75, 3.05) is 50.7 Å². The Kier molecular flexibility index (Phi) is 8.65. The van der Waals surface area contributed by atoms with Crippen molar-refractivity contribution in [1.29, 1.82) is 0 Å². The highest BCUT2D eigenvalue weighted by Crippen LogP contribution is 2.41. The van der Waals surface area contributed by atoms with Gasteiger partial charge in [-0.3, -0.25) is 9.59 Å². The van der Waals surface area contributed by atoms with Crippen LogP contribution in [-0.2, 0) is 15.8 Å². The molecule has 1 atom stereocenters. The molecule has 3 aliphatic heterocycles. The van der Waals surface area contributed by atoms with Gasteiger partial charge < -0.3 is 19.8 Å². The van der Waals surface area contributed by atoms with Gasteiger partial charge in [-0.2, -0.15) is 13.2 Å². The second kappa shape index (κ2) is 11.4. The smallest absolute Gasteiger partial charge is 0.416 e. The summed E-state index contributed by atoms with van der Waals surface area (Å²) in [5.74, 6) is -0.396. The predicted octanol–water partition coefficient (Wildman–Crippen LogP) is 5.47. The van der Waals surface area contributed by atoms with Crippen molar-refractivity contribution in [3.8, 4) is 0 Å². The van der Waals surface area contributed by atoms with Crippen LogP contribution in [0.3, 0.4) is 0 Å². The number of carbonyl (C=O) groups is 2. The van der Waals surface area contributed by atoms with Gasteiger partial charge in [-0.1, -0.05) is 19.9 Å². The van der Waals surface area contributed by atoms with Gasteiger partial charge in [-0.25, -0.2) is 0 Å². The van der Waals surface area contributed by atoms with Crippen molar-refractivity contribution in [1.82, 2.24) is 9.80 Å². The minimum absolute atomic E-state index is 0.0625. The molecule has 4 rings (SSSR count). The van der Waals surface area contributed by atoms with E-state index in [0.29, 0.717) is 63.5 Å². The summed E-state index contributed by atoms with van der Waals surface area (Å²) in [6.45, 7) is 11.3. The number of anilines is 1. The van der Waals surface area contributed by atoms with E-state index in [2.05, 4.69) is 25.7 Å². The highest BCUT2D eigenvalue weighted by Gasteiger charge is 2.43. The zero-order valence-electron chi connectivity index (χ0n) is 22.9. The van der Waals surface area contributed by atoms with Crippen molar-refractivity contribution in [2.45, 2.75) is 71.4 Å². The number of nitrogens with zero attached hydrogens (tertiary/aromatic N) is 3. The molecule has 9 heteroatoms. The quantitative estimate of drug-likeness (QED) is 0.500. The molecule has 3 saturated heterocycles. The summed E-state index contributed by atoms with van der Waals surface area (Å²) < 4.78 is 40.7. The summed E-state index contributed by atoms with van der Waals surface area (Å²) in [7, 11) is 0. The van der Waals surface area contributed by atoms with Crippen LogP contribution < -0.4 is 4.90 Å². The van der Waals surface area contributed by atoms with E-state index in [0.717, 1.165) is 44.1 Å². The molecule has 1 unspecified atom stereocenters. The molecule has 0 radical (unpaired) electrons. The lowest BCUT2D eigenvalue weighted by Crippen LogP contribution is -2.47. The van der Waals surface area contributed by atoms with Crippen molar-refractivity contribution < 1.29 is 27.9 Å². The van der Waals surface area contributed by atoms with Gasteiger partial charge in [-0.05, 0) is 88.1 Å². The first-order chi connectivity index (χ1) is 17.9. The standard InChI is InChI=1S/C29H42F3N3O3/c1-20(2)6-12-33-17-11-28(3,19-33)27(38)35-15-7-21(8-16-35)24-5-4-23(29(30,31)32)18-25(24)34-13-9-22(10-14-34)26(36)37/h4-5,18,20-22H,6-17,19H2,1-3H3,(H,36,37). The zero-order chi connectivity index (χ0) is 27.7. The molecule has 0 saturated carbocycles. The molecular formula is C29H42F3N3O3. The fourth-order valence-corrected chi connectivity index (χ4v) is 6.34.